The lowest BCUT2D eigenvalue weighted by Gasteiger charge is -2.29. The van der Waals surface area contributed by atoms with Gasteiger partial charge in [-0.2, -0.15) is 0 Å². The fourth-order valence-corrected chi connectivity index (χ4v) is 4.43. The van der Waals surface area contributed by atoms with Crippen LogP contribution in [0.25, 0.3) is 0 Å². The third-order valence-electron chi connectivity index (χ3n) is 6.22. The number of carbonyl (C=O) groups is 4. The Morgan fingerprint density at radius 1 is 1.12 bits per heavy atom. The van der Waals surface area contributed by atoms with Crippen molar-refractivity contribution in [3.05, 3.63) is 53.2 Å². The summed E-state index contributed by atoms with van der Waals surface area (Å²) in [6.45, 7) is 2.54. The van der Waals surface area contributed by atoms with Crippen molar-refractivity contribution >= 4 is 35.1 Å². The third-order valence-corrected chi connectivity index (χ3v) is 6.22. The normalized spacial score (nSPS) is 20.7. The largest absolute Gasteiger partial charge is 0.366 e. The van der Waals surface area contributed by atoms with Gasteiger partial charge in [-0.15, -0.1) is 0 Å². The maximum Gasteiger partial charge on any atom is 0.255 e. The summed E-state index contributed by atoms with van der Waals surface area (Å²) in [4.78, 5) is 56.2. The predicted molar refractivity (Wildman–Crippen MR) is 119 cm³/mol. The van der Waals surface area contributed by atoms with Crippen molar-refractivity contribution in [2.45, 2.75) is 32.0 Å². The minimum Gasteiger partial charge on any atom is -0.366 e. The van der Waals surface area contributed by atoms with Crippen molar-refractivity contribution in [2.24, 2.45) is 0 Å². The van der Waals surface area contributed by atoms with E-state index in [4.69, 9.17) is 0 Å². The van der Waals surface area contributed by atoms with E-state index in [-0.39, 0.29) is 24.1 Å². The van der Waals surface area contributed by atoms with Gasteiger partial charge in [0.15, 0.2) is 0 Å². The average Bonchev–Trinajstić information content (AvgIpc) is 3.14. The van der Waals surface area contributed by atoms with E-state index < -0.39 is 11.9 Å². The van der Waals surface area contributed by atoms with Crippen LogP contribution in [0, 0.1) is 0 Å². The standard InChI is InChI=1S/C23H24N6O4/c30-20-6-4-18(22(32)27-20)29-13-15-2-1-14(9-17(15)23(29)33)10-25-19-5-3-16(11-26-19)28-8-7-24-12-21(28)31/h1-3,5,9,11,18,24H,4,6-8,10,12-13H2,(H,25,26)(H,27,30,32). The number of piperazine rings is 1. The lowest BCUT2D eigenvalue weighted by molar-refractivity contribution is -0.137. The molecule has 0 saturated carbocycles. The number of nitrogens with one attached hydrogen (secondary N) is 3. The molecule has 1 unspecified atom stereocenters. The van der Waals surface area contributed by atoms with Gasteiger partial charge < -0.3 is 20.4 Å². The number of benzene rings is 1. The number of nitrogens with zero attached hydrogens (tertiary/aromatic N) is 3. The molecule has 2 fully saturated rings. The molecule has 10 heteroatoms. The van der Waals surface area contributed by atoms with Crippen LogP contribution in [0.15, 0.2) is 36.5 Å². The molecule has 5 rings (SSSR count). The first-order valence-corrected chi connectivity index (χ1v) is 11.0. The summed E-state index contributed by atoms with van der Waals surface area (Å²) in [7, 11) is 0. The van der Waals surface area contributed by atoms with E-state index in [0.29, 0.717) is 44.0 Å². The van der Waals surface area contributed by atoms with Gasteiger partial charge in [0, 0.05) is 38.2 Å². The van der Waals surface area contributed by atoms with E-state index in [2.05, 4.69) is 20.9 Å². The van der Waals surface area contributed by atoms with Crippen molar-refractivity contribution in [3.63, 3.8) is 0 Å². The molecule has 1 aromatic heterocycles. The second kappa shape index (κ2) is 8.62. The summed E-state index contributed by atoms with van der Waals surface area (Å²) in [5.41, 5.74) is 3.13. The average molecular weight is 448 g/mol. The molecule has 2 saturated heterocycles. The molecule has 0 radical (unpaired) electrons. The molecule has 33 heavy (non-hydrogen) atoms. The van der Waals surface area contributed by atoms with Gasteiger partial charge in [-0.1, -0.05) is 12.1 Å². The molecule has 2 aromatic rings. The molecule has 3 aliphatic rings. The van der Waals surface area contributed by atoms with E-state index >= 15 is 0 Å². The topological polar surface area (TPSA) is 124 Å². The summed E-state index contributed by atoms with van der Waals surface area (Å²) in [6.07, 6.45) is 2.26. The van der Waals surface area contributed by atoms with Crippen molar-refractivity contribution in [3.8, 4) is 0 Å². The summed E-state index contributed by atoms with van der Waals surface area (Å²) < 4.78 is 0. The number of pyridine rings is 1. The lowest BCUT2D eigenvalue weighted by atomic mass is 10.0. The highest BCUT2D eigenvalue weighted by Crippen LogP contribution is 2.28. The monoisotopic (exact) mass is 448 g/mol. The van der Waals surface area contributed by atoms with E-state index in [0.717, 1.165) is 23.4 Å². The van der Waals surface area contributed by atoms with E-state index in [1.54, 1.807) is 16.0 Å². The second-order valence-corrected chi connectivity index (χ2v) is 8.37. The van der Waals surface area contributed by atoms with Gasteiger partial charge in [-0.25, -0.2) is 4.98 Å². The van der Waals surface area contributed by atoms with Crippen molar-refractivity contribution in [2.75, 3.05) is 29.9 Å². The first kappa shape index (κ1) is 21.1. The zero-order chi connectivity index (χ0) is 22.9. The van der Waals surface area contributed by atoms with Gasteiger partial charge in [-0.05, 0) is 35.7 Å². The Morgan fingerprint density at radius 2 is 2.00 bits per heavy atom. The van der Waals surface area contributed by atoms with Crippen LogP contribution in [-0.4, -0.2) is 59.2 Å². The van der Waals surface area contributed by atoms with Crippen LogP contribution in [-0.2, 0) is 27.5 Å². The third kappa shape index (κ3) is 4.17. The molecular formula is C23H24N6O4. The minimum atomic E-state index is -0.616. The summed E-state index contributed by atoms with van der Waals surface area (Å²) in [5.74, 6) is -0.206. The number of imide groups is 1. The molecule has 1 atom stereocenters. The van der Waals surface area contributed by atoms with Gasteiger partial charge in [-0.3, -0.25) is 24.5 Å². The molecule has 4 heterocycles. The van der Waals surface area contributed by atoms with E-state index in [1.807, 2.05) is 30.3 Å². The molecule has 10 nitrogen and oxygen atoms in total. The predicted octanol–water partition coefficient (Wildman–Crippen LogP) is 0.391. The molecule has 170 valence electrons. The summed E-state index contributed by atoms with van der Waals surface area (Å²) in [5, 5.41) is 8.60. The number of amides is 4. The van der Waals surface area contributed by atoms with Crippen LogP contribution >= 0.6 is 0 Å². The first-order valence-electron chi connectivity index (χ1n) is 11.0. The zero-order valence-corrected chi connectivity index (χ0v) is 18.0. The van der Waals surface area contributed by atoms with Crippen LogP contribution in [0.2, 0.25) is 0 Å². The molecule has 3 N–H and O–H groups in total. The number of piperidine rings is 1. The highest BCUT2D eigenvalue weighted by molar-refractivity contribution is 6.05. The van der Waals surface area contributed by atoms with Gasteiger partial charge in [0.25, 0.3) is 5.91 Å². The SMILES string of the molecule is O=C1CCC(N2Cc3ccc(CNc4ccc(N5CCNCC5=O)cn4)cc3C2=O)C(=O)N1. The summed E-state index contributed by atoms with van der Waals surface area (Å²) >= 11 is 0. The highest BCUT2D eigenvalue weighted by Gasteiger charge is 2.39. The molecule has 4 amide bonds. The molecule has 1 aromatic carbocycles. The molecule has 0 spiro atoms. The number of hydrogen-bond acceptors (Lipinski definition) is 7. The fraction of sp³-hybridized carbons (Fsp3) is 0.348. The Kier molecular flexibility index (Phi) is 5.51. The Balaban J connectivity index is 1.23. The van der Waals surface area contributed by atoms with Gasteiger partial charge >= 0.3 is 0 Å². The smallest absolute Gasteiger partial charge is 0.255 e. The van der Waals surface area contributed by atoms with Gasteiger partial charge in [0.1, 0.15) is 11.9 Å². The number of anilines is 2. The lowest BCUT2D eigenvalue weighted by Crippen LogP contribution is -2.52. The fourth-order valence-electron chi connectivity index (χ4n) is 4.43. The number of hydrogen-bond donors (Lipinski definition) is 3. The molecule has 3 aliphatic heterocycles. The Bertz CT molecular complexity index is 1130. The minimum absolute atomic E-state index is 0.0259. The van der Waals surface area contributed by atoms with Crippen molar-refractivity contribution in [1.82, 2.24) is 20.5 Å². The number of carbonyl (C=O) groups excluding carboxylic acids is 4. The van der Waals surface area contributed by atoms with Gasteiger partial charge in [0.05, 0.1) is 18.4 Å². The molecule has 0 bridgehead atoms. The highest BCUT2D eigenvalue weighted by atomic mass is 16.2. The quantitative estimate of drug-likeness (QED) is 0.566. The number of aromatic nitrogens is 1. The van der Waals surface area contributed by atoms with Crippen molar-refractivity contribution in [1.29, 1.82) is 0 Å². The molecule has 0 aliphatic carbocycles. The number of rotatable bonds is 5. The van der Waals surface area contributed by atoms with Crippen LogP contribution < -0.4 is 20.9 Å². The second-order valence-electron chi connectivity index (χ2n) is 8.37. The van der Waals surface area contributed by atoms with Crippen molar-refractivity contribution < 1.29 is 19.2 Å². The maximum absolute atomic E-state index is 13.0. The zero-order valence-electron chi connectivity index (χ0n) is 18.0. The van der Waals surface area contributed by atoms with Gasteiger partial charge in [0.2, 0.25) is 17.7 Å². The molecular weight excluding hydrogens is 424 g/mol. The van der Waals surface area contributed by atoms with Crippen LogP contribution in [0.1, 0.15) is 34.3 Å². The first-order chi connectivity index (χ1) is 16.0. The Labute approximate surface area is 190 Å². The van der Waals surface area contributed by atoms with Crippen LogP contribution in [0.5, 0.6) is 0 Å². The number of fused-ring (bicyclic) bond motifs is 1. The maximum atomic E-state index is 13.0. The van der Waals surface area contributed by atoms with E-state index in [9.17, 15) is 19.2 Å². The van der Waals surface area contributed by atoms with E-state index in [1.165, 1.54) is 0 Å². The Morgan fingerprint density at radius 3 is 2.76 bits per heavy atom. The van der Waals surface area contributed by atoms with Crippen LogP contribution in [0.3, 0.4) is 0 Å². The van der Waals surface area contributed by atoms with Crippen LogP contribution in [0.4, 0.5) is 11.5 Å². The summed E-state index contributed by atoms with van der Waals surface area (Å²) in [6, 6.07) is 8.76. The Hall–Kier alpha value is -3.79.